The number of hydrogen-bond donors (Lipinski definition) is 0. The summed E-state index contributed by atoms with van der Waals surface area (Å²) in [5.74, 6) is 0.194. The third kappa shape index (κ3) is 4.60. The van der Waals surface area contributed by atoms with E-state index in [0.717, 1.165) is 29.6 Å². The number of carbonyl (C=O) groups excluding carboxylic acids is 1. The number of fused-ring (bicyclic) bond motifs is 1. The van der Waals surface area contributed by atoms with E-state index in [2.05, 4.69) is 23.7 Å². The van der Waals surface area contributed by atoms with Crippen molar-refractivity contribution in [2.75, 3.05) is 19.7 Å². The Morgan fingerprint density at radius 1 is 1.03 bits per heavy atom. The summed E-state index contributed by atoms with van der Waals surface area (Å²) in [5, 5.41) is 1.04. The van der Waals surface area contributed by atoms with Gasteiger partial charge in [0.25, 0.3) is 5.91 Å². The molecule has 156 valence electrons. The SMILES string of the molecule is C[C@@H]1CN(C(=O)COc2ccc3ccccc3n2)[C@@H](C)CN1Cc1ccc(F)cc1. The van der Waals surface area contributed by atoms with Crippen molar-refractivity contribution in [3.05, 3.63) is 72.0 Å². The topological polar surface area (TPSA) is 45.7 Å². The molecule has 1 fully saturated rings. The Kier molecular flexibility index (Phi) is 5.95. The summed E-state index contributed by atoms with van der Waals surface area (Å²) in [6.45, 7) is 6.27. The number of hydrogen-bond acceptors (Lipinski definition) is 4. The maximum atomic E-state index is 13.1. The van der Waals surface area contributed by atoms with E-state index in [1.165, 1.54) is 12.1 Å². The van der Waals surface area contributed by atoms with Gasteiger partial charge in [0.05, 0.1) is 5.52 Å². The van der Waals surface area contributed by atoms with Gasteiger partial charge in [-0.25, -0.2) is 9.37 Å². The zero-order valence-corrected chi connectivity index (χ0v) is 17.3. The highest BCUT2D eigenvalue weighted by atomic mass is 19.1. The largest absolute Gasteiger partial charge is 0.468 e. The zero-order valence-electron chi connectivity index (χ0n) is 17.3. The summed E-state index contributed by atoms with van der Waals surface area (Å²) in [6.07, 6.45) is 0. The molecule has 1 saturated heterocycles. The molecule has 5 nitrogen and oxygen atoms in total. The summed E-state index contributed by atoms with van der Waals surface area (Å²) < 4.78 is 18.8. The molecule has 1 aliphatic heterocycles. The van der Waals surface area contributed by atoms with Crippen LogP contribution in [0.1, 0.15) is 19.4 Å². The smallest absolute Gasteiger partial charge is 0.260 e. The molecule has 0 N–H and O–H groups in total. The van der Waals surface area contributed by atoms with Crippen LogP contribution in [0.5, 0.6) is 5.88 Å². The van der Waals surface area contributed by atoms with Crippen LogP contribution in [0, 0.1) is 5.82 Å². The van der Waals surface area contributed by atoms with E-state index in [-0.39, 0.29) is 30.4 Å². The second-order valence-electron chi connectivity index (χ2n) is 7.93. The molecule has 0 unspecified atom stereocenters. The number of piperazine rings is 1. The van der Waals surface area contributed by atoms with Gasteiger partial charge in [-0.3, -0.25) is 9.69 Å². The van der Waals surface area contributed by atoms with E-state index in [1.54, 1.807) is 6.07 Å². The summed E-state index contributed by atoms with van der Waals surface area (Å²) in [6, 6.07) is 18.4. The minimum absolute atomic E-state index is 0.0274. The number of ether oxygens (including phenoxy) is 1. The van der Waals surface area contributed by atoms with Crippen LogP contribution in [0.2, 0.25) is 0 Å². The summed E-state index contributed by atoms with van der Waals surface area (Å²) >= 11 is 0. The van der Waals surface area contributed by atoms with Gasteiger partial charge in [0, 0.05) is 43.2 Å². The van der Waals surface area contributed by atoms with Crippen LogP contribution in [0.4, 0.5) is 4.39 Å². The molecule has 0 spiro atoms. The van der Waals surface area contributed by atoms with Crippen molar-refractivity contribution in [3.8, 4) is 5.88 Å². The van der Waals surface area contributed by atoms with Crippen LogP contribution in [0.15, 0.2) is 60.7 Å². The van der Waals surface area contributed by atoms with Crippen LogP contribution in [0.25, 0.3) is 10.9 Å². The average Bonchev–Trinajstić information content (AvgIpc) is 2.75. The number of benzene rings is 2. The van der Waals surface area contributed by atoms with Gasteiger partial charge < -0.3 is 9.64 Å². The molecule has 30 heavy (non-hydrogen) atoms. The second kappa shape index (κ2) is 8.79. The molecule has 1 aliphatic rings. The Balaban J connectivity index is 1.34. The Morgan fingerprint density at radius 3 is 2.60 bits per heavy atom. The van der Waals surface area contributed by atoms with Crippen LogP contribution < -0.4 is 4.74 Å². The molecule has 2 heterocycles. The number of amides is 1. The van der Waals surface area contributed by atoms with Crippen molar-refractivity contribution in [2.45, 2.75) is 32.5 Å². The van der Waals surface area contributed by atoms with Gasteiger partial charge in [-0.15, -0.1) is 0 Å². The predicted octanol–water partition coefficient (Wildman–Crippen LogP) is 3.87. The Bertz CT molecular complexity index is 1020. The lowest BCUT2D eigenvalue weighted by molar-refractivity contribution is -0.139. The van der Waals surface area contributed by atoms with Gasteiger partial charge in [-0.2, -0.15) is 0 Å². The molecular weight excluding hydrogens is 381 g/mol. The quantitative estimate of drug-likeness (QED) is 0.644. The maximum Gasteiger partial charge on any atom is 0.260 e. The molecule has 0 saturated carbocycles. The van der Waals surface area contributed by atoms with Crippen molar-refractivity contribution in [2.24, 2.45) is 0 Å². The number of rotatable bonds is 5. The van der Waals surface area contributed by atoms with Crippen molar-refractivity contribution in [1.29, 1.82) is 0 Å². The predicted molar refractivity (Wildman–Crippen MR) is 115 cm³/mol. The molecule has 4 rings (SSSR count). The van der Waals surface area contributed by atoms with Crippen LogP contribution in [0.3, 0.4) is 0 Å². The van der Waals surface area contributed by atoms with E-state index in [9.17, 15) is 9.18 Å². The Labute approximate surface area is 176 Å². The molecule has 0 bridgehead atoms. The van der Waals surface area contributed by atoms with Crippen molar-refractivity contribution < 1.29 is 13.9 Å². The van der Waals surface area contributed by atoms with Crippen molar-refractivity contribution >= 4 is 16.8 Å². The van der Waals surface area contributed by atoms with Crippen LogP contribution >= 0.6 is 0 Å². The second-order valence-corrected chi connectivity index (χ2v) is 7.93. The van der Waals surface area contributed by atoms with Gasteiger partial charge in [0.15, 0.2) is 6.61 Å². The minimum Gasteiger partial charge on any atom is -0.468 e. The van der Waals surface area contributed by atoms with E-state index in [0.29, 0.717) is 12.4 Å². The first-order valence-corrected chi connectivity index (χ1v) is 10.3. The molecule has 6 heteroatoms. The minimum atomic E-state index is -0.225. The number of halogens is 1. The third-order valence-corrected chi connectivity index (χ3v) is 5.65. The number of aromatic nitrogens is 1. The van der Waals surface area contributed by atoms with E-state index in [4.69, 9.17) is 4.74 Å². The molecule has 1 aromatic heterocycles. The lowest BCUT2D eigenvalue weighted by Crippen LogP contribution is -2.58. The normalized spacial score (nSPS) is 19.8. The number of carbonyl (C=O) groups is 1. The highest BCUT2D eigenvalue weighted by molar-refractivity contribution is 5.80. The summed E-state index contributed by atoms with van der Waals surface area (Å²) in [5.41, 5.74) is 1.92. The zero-order chi connectivity index (χ0) is 21.1. The fourth-order valence-corrected chi connectivity index (χ4v) is 3.94. The summed E-state index contributed by atoms with van der Waals surface area (Å²) in [4.78, 5) is 21.5. The molecule has 3 aromatic rings. The van der Waals surface area contributed by atoms with Gasteiger partial charge in [-0.05, 0) is 43.7 Å². The van der Waals surface area contributed by atoms with Crippen molar-refractivity contribution in [1.82, 2.24) is 14.8 Å². The maximum absolute atomic E-state index is 13.1. The van der Waals surface area contributed by atoms with Crippen LogP contribution in [-0.2, 0) is 11.3 Å². The average molecular weight is 407 g/mol. The molecule has 1 amide bonds. The van der Waals surface area contributed by atoms with Gasteiger partial charge in [0.2, 0.25) is 5.88 Å². The molecular formula is C24H26FN3O2. The first-order valence-electron chi connectivity index (χ1n) is 10.3. The van der Waals surface area contributed by atoms with Gasteiger partial charge >= 0.3 is 0 Å². The first-order chi connectivity index (χ1) is 14.5. The van der Waals surface area contributed by atoms with Gasteiger partial charge in [-0.1, -0.05) is 30.3 Å². The molecule has 2 atom stereocenters. The first kappa shape index (κ1) is 20.3. The summed E-state index contributed by atoms with van der Waals surface area (Å²) in [7, 11) is 0. The molecule has 2 aromatic carbocycles. The standard InChI is InChI=1S/C24H26FN3O2/c1-17-14-28(18(2)13-27(17)15-19-7-10-21(25)11-8-19)24(29)16-30-23-12-9-20-5-3-4-6-22(20)26-23/h3-12,17-18H,13-16H2,1-2H3/t17-,18+/m1/s1. The van der Waals surface area contributed by atoms with Gasteiger partial charge in [0.1, 0.15) is 5.82 Å². The van der Waals surface area contributed by atoms with E-state index >= 15 is 0 Å². The lowest BCUT2D eigenvalue weighted by atomic mass is 10.1. The lowest BCUT2D eigenvalue weighted by Gasteiger charge is -2.44. The third-order valence-electron chi connectivity index (χ3n) is 5.65. The highest BCUT2D eigenvalue weighted by Gasteiger charge is 2.32. The Hall–Kier alpha value is -2.99. The number of para-hydroxylation sites is 1. The Morgan fingerprint density at radius 2 is 1.80 bits per heavy atom. The van der Waals surface area contributed by atoms with Crippen molar-refractivity contribution in [3.63, 3.8) is 0 Å². The van der Waals surface area contributed by atoms with E-state index < -0.39 is 0 Å². The molecule has 0 aliphatic carbocycles. The fourth-order valence-electron chi connectivity index (χ4n) is 3.94. The number of nitrogens with zero attached hydrogens (tertiary/aromatic N) is 3. The van der Waals surface area contributed by atoms with E-state index in [1.807, 2.05) is 47.4 Å². The fraction of sp³-hybridized carbons (Fsp3) is 0.333. The highest BCUT2D eigenvalue weighted by Crippen LogP contribution is 2.20. The monoisotopic (exact) mass is 407 g/mol. The number of pyridine rings is 1. The van der Waals surface area contributed by atoms with Crippen LogP contribution in [-0.4, -0.2) is 52.5 Å². The molecule has 0 radical (unpaired) electrons.